The first-order chi connectivity index (χ1) is 5.45. The highest BCUT2D eigenvalue weighted by Gasteiger charge is 2.70. The molecule has 0 aromatic carbocycles. The molecule has 70 valence electrons. The maximum Gasteiger partial charge on any atom is 0.356 e. The second kappa shape index (κ2) is 2.30. The van der Waals surface area contributed by atoms with Crippen LogP contribution in [-0.2, 0) is 0 Å². The van der Waals surface area contributed by atoms with Crippen molar-refractivity contribution in [2.24, 2.45) is 5.92 Å². The number of alkyl halides is 4. The average molecular weight is 200 g/mol. The molecule has 2 atom stereocenters. The Bertz CT molecular complexity index is 204. The normalized spacial score (nSPS) is 43.0. The molecule has 0 bridgehead atoms. The number of hydrogen-bond donors (Lipinski definition) is 0. The topological polar surface area (TPSA) is 0 Å². The van der Waals surface area contributed by atoms with Crippen LogP contribution in [0.15, 0.2) is 0 Å². The van der Waals surface area contributed by atoms with Crippen molar-refractivity contribution in [3.8, 4) is 0 Å². The molecule has 0 aromatic heterocycles. The van der Waals surface area contributed by atoms with Gasteiger partial charge in [-0.05, 0) is 12.8 Å². The van der Waals surface area contributed by atoms with Crippen LogP contribution in [0.2, 0.25) is 0 Å². The van der Waals surface area contributed by atoms with Crippen molar-refractivity contribution >= 4 is 11.8 Å². The Morgan fingerprint density at radius 1 is 1.08 bits per heavy atom. The molecule has 1 aliphatic heterocycles. The fourth-order valence-corrected chi connectivity index (χ4v) is 3.41. The third kappa shape index (κ3) is 0.916. The molecular formula is C7H8F4S. The van der Waals surface area contributed by atoms with Crippen LogP contribution in [0.5, 0.6) is 0 Å². The quantitative estimate of drug-likeness (QED) is 0.541. The molecule has 0 amide bonds. The van der Waals surface area contributed by atoms with Crippen molar-refractivity contribution in [2.75, 3.05) is 0 Å². The van der Waals surface area contributed by atoms with Crippen molar-refractivity contribution in [1.29, 1.82) is 0 Å². The molecule has 5 heteroatoms. The van der Waals surface area contributed by atoms with E-state index in [2.05, 4.69) is 0 Å². The Hall–Kier alpha value is 0.0700. The van der Waals surface area contributed by atoms with Crippen LogP contribution in [0.25, 0.3) is 0 Å². The summed E-state index contributed by atoms with van der Waals surface area (Å²) in [5.74, 6) is -4.86. The van der Waals surface area contributed by atoms with Gasteiger partial charge in [-0.15, -0.1) is 0 Å². The molecule has 0 N–H and O–H groups in total. The van der Waals surface area contributed by atoms with Crippen LogP contribution >= 0.6 is 11.8 Å². The van der Waals surface area contributed by atoms with E-state index in [9.17, 15) is 17.6 Å². The van der Waals surface area contributed by atoms with Crippen LogP contribution in [0.1, 0.15) is 19.3 Å². The van der Waals surface area contributed by atoms with Gasteiger partial charge in [0, 0.05) is 11.2 Å². The summed E-state index contributed by atoms with van der Waals surface area (Å²) >= 11 is 0.162. The lowest BCUT2D eigenvalue weighted by molar-refractivity contribution is -0.172. The van der Waals surface area contributed by atoms with Crippen LogP contribution in [-0.4, -0.2) is 16.4 Å². The molecule has 2 aliphatic rings. The third-order valence-electron chi connectivity index (χ3n) is 2.61. The highest BCUT2D eigenvalue weighted by Crippen LogP contribution is 2.63. The van der Waals surface area contributed by atoms with E-state index in [1.54, 1.807) is 0 Å². The fraction of sp³-hybridized carbons (Fsp3) is 1.00. The predicted molar refractivity (Wildman–Crippen MR) is 38.6 cm³/mol. The minimum absolute atomic E-state index is 0.162. The lowest BCUT2D eigenvalue weighted by atomic mass is 10.0. The first-order valence-electron chi connectivity index (χ1n) is 3.88. The van der Waals surface area contributed by atoms with Crippen molar-refractivity contribution in [2.45, 2.75) is 35.7 Å². The summed E-state index contributed by atoms with van der Waals surface area (Å²) in [6, 6.07) is 0. The number of hydrogen-bond acceptors (Lipinski definition) is 1. The van der Waals surface area contributed by atoms with Gasteiger partial charge in [0.15, 0.2) is 0 Å². The average Bonchev–Trinajstić information content (AvgIpc) is 2.39. The molecule has 1 saturated carbocycles. The molecule has 2 rings (SSSR count). The van der Waals surface area contributed by atoms with E-state index < -0.39 is 22.3 Å². The van der Waals surface area contributed by atoms with Gasteiger partial charge in [0.2, 0.25) is 0 Å². The van der Waals surface area contributed by atoms with Crippen molar-refractivity contribution in [1.82, 2.24) is 0 Å². The number of thioether (sulfide) groups is 1. The van der Waals surface area contributed by atoms with Gasteiger partial charge in [-0.3, -0.25) is 0 Å². The lowest BCUT2D eigenvalue weighted by Gasteiger charge is -2.21. The monoisotopic (exact) mass is 200 g/mol. The summed E-state index contributed by atoms with van der Waals surface area (Å²) in [6.45, 7) is 0. The van der Waals surface area contributed by atoms with Crippen LogP contribution in [0.3, 0.4) is 0 Å². The van der Waals surface area contributed by atoms with Crippen LogP contribution in [0.4, 0.5) is 17.6 Å². The van der Waals surface area contributed by atoms with E-state index >= 15 is 0 Å². The molecule has 1 heterocycles. The molecule has 1 saturated heterocycles. The SMILES string of the molecule is FC1(F)SC2CCCC2C1(F)F. The van der Waals surface area contributed by atoms with E-state index in [-0.39, 0.29) is 18.2 Å². The van der Waals surface area contributed by atoms with Crippen molar-refractivity contribution in [3.05, 3.63) is 0 Å². The number of fused-ring (bicyclic) bond motifs is 1. The summed E-state index contributed by atoms with van der Waals surface area (Å²) in [5.41, 5.74) is 0. The van der Waals surface area contributed by atoms with Crippen molar-refractivity contribution < 1.29 is 17.6 Å². The van der Waals surface area contributed by atoms with E-state index in [0.717, 1.165) is 0 Å². The van der Waals surface area contributed by atoms with Gasteiger partial charge in [-0.1, -0.05) is 18.2 Å². The van der Waals surface area contributed by atoms with E-state index in [0.29, 0.717) is 12.8 Å². The summed E-state index contributed by atoms with van der Waals surface area (Å²) < 4.78 is 51.1. The Balaban J connectivity index is 2.29. The summed E-state index contributed by atoms with van der Waals surface area (Å²) in [5, 5.41) is -4.35. The Morgan fingerprint density at radius 3 is 2.33 bits per heavy atom. The molecule has 12 heavy (non-hydrogen) atoms. The fourth-order valence-electron chi connectivity index (χ4n) is 1.97. The van der Waals surface area contributed by atoms with E-state index in [1.807, 2.05) is 0 Å². The number of halogens is 4. The Labute approximate surface area is 71.7 Å². The van der Waals surface area contributed by atoms with Gasteiger partial charge >= 0.3 is 11.2 Å². The standard InChI is InChI=1S/C7H8F4S/c8-6(9)4-2-1-3-5(4)12-7(6,10)11/h4-5H,1-3H2. The minimum Gasteiger partial charge on any atom is -0.198 e. The van der Waals surface area contributed by atoms with Gasteiger partial charge in [0.05, 0.1) is 0 Å². The Kier molecular flexibility index (Phi) is 1.66. The van der Waals surface area contributed by atoms with E-state index in [4.69, 9.17) is 0 Å². The van der Waals surface area contributed by atoms with Crippen LogP contribution in [0, 0.1) is 5.92 Å². The van der Waals surface area contributed by atoms with Gasteiger partial charge in [0.25, 0.3) is 0 Å². The zero-order valence-corrected chi connectivity index (χ0v) is 7.01. The summed E-state index contributed by atoms with van der Waals surface area (Å²) in [7, 11) is 0. The highest BCUT2D eigenvalue weighted by molar-refractivity contribution is 8.01. The Morgan fingerprint density at radius 2 is 1.75 bits per heavy atom. The molecular weight excluding hydrogens is 192 g/mol. The van der Waals surface area contributed by atoms with E-state index in [1.165, 1.54) is 0 Å². The largest absolute Gasteiger partial charge is 0.356 e. The molecule has 0 aromatic rings. The predicted octanol–water partition coefficient (Wildman–Crippen LogP) is 3.13. The zero-order chi connectivity index (χ0) is 8.98. The number of rotatable bonds is 0. The molecule has 2 fully saturated rings. The zero-order valence-electron chi connectivity index (χ0n) is 6.20. The molecule has 0 nitrogen and oxygen atoms in total. The smallest absolute Gasteiger partial charge is 0.198 e. The second-order valence-electron chi connectivity index (χ2n) is 3.33. The summed E-state index contributed by atoms with van der Waals surface area (Å²) in [6.07, 6.45) is 1.43. The summed E-state index contributed by atoms with van der Waals surface area (Å²) in [4.78, 5) is 0. The first-order valence-corrected chi connectivity index (χ1v) is 4.76. The molecule has 0 spiro atoms. The highest BCUT2D eigenvalue weighted by atomic mass is 32.2. The van der Waals surface area contributed by atoms with Crippen LogP contribution < -0.4 is 0 Å². The van der Waals surface area contributed by atoms with Crippen molar-refractivity contribution in [3.63, 3.8) is 0 Å². The second-order valence-corrected chi connectivity index (χ2v) is 4.69. The minimum atomic E-state index is -3.83. The first kappa shape index (κ1) is 8.66. The maximum absolute atomic E-state index is 12.9. The molecule has 1 aliphatic carbocycles. The van der Waals surface area contributed by atoms with Gasteiger partial charge < -0.3 is 0 Å². The maximum atomic E-state index is 12.9. The van der Waals surface area contributed by atoms with Gasteiger partial charge in [0.1, 0.15) is 0 Å². The van der Waals surface area contributed by atoms with Gasteiger partial charge in [-0.25, -0.2) is 0 Å². The third-order valence-corrected chi connectivity index (χ3v) is 4.04. The molecule has 0 radical (unpaired) electrons. The lowest BCUT2D eigenvalue weighted by Crippen LogP contribution is -2.38. The van der Waals surface area contributed by atoms with Gasteiger partial charge in [-0.2, -0.15) is 17.6 Å². The molecule has 2 unspecified atom stereocenters.